The minimum atomic E-state index is -0.692. The Morgan fingerprint density at radius 1 is 0.629 bits per heavy atom. The Hall–Kier alpha value is -7.22. The normalized spacial score (nSPS) is 20.4. The molecule has 0 N–H and O–H groups in total. The Bertz CT molecular complexity index is 2950. The van der Waals surface area contributed by atoms with Crippen molar-refractivity contribution in [2.75, 3.05) is 0 Å². The van der Waals surface area contributed by atoms with Crippen LogP contribution in [0.4, 0.5) is 0 Å². The molecule has 6 aliphatic rings. The van der Waals surface area contributed by atoms with Gasteiger partial charge in [0.25, 0.3) is 5.70 Å². The van der Waals surface area contributed by atoms with Gasteiger partial charge < -0.3 is 9.47 Å². The summed E-state index contributed by atoms with van der Waals surface area (Å²) in [7, 11) is 0. The van der Waals surface area contributed by atoms with Gasteiger partial charge in [-0.2, -0.15) is 10.5 Å². The van der Waals surface area contributed by atoms with Gasteiger partial charge in [-0.05, 0) is 86.8 Å². The Kier molecular flexibility index (Phi) is 8.64. The molecule has 2 aromatic heterocycles. The topological polar surface area (TPSA) is 154 Å². The monoisotopic (exact) mass is 844 g/mol. The number of Topliss-reactive ketones (excluding diaryl/α,β-unsaturated/α-hetero) is 2. The van der Waals surface area contributed by atoms with Gasteiger partial charge in [0.1, 0.15) is 50.6 Å². The number of carbonyl (C=O) groups is 2. The van der Waals surface area contributed by atoms with Crippen LogP contribution in [0.2, 0.25) is 0 Å². The average molecular weight is 845 g/mol. The lowest BCUT2D eigenvalue weighted by Crippen LogP contribution is -2.39. The van der Waals surface area contributed by atoms with Crippen molar-refractivity contribution in [2.45, 2.75) is 75.4 Å². The van der Waals surface area contributed by atoms with E-state index in [9.17, 15) is 25.4 Å². The van der Waals surface area contributed by atoms with E-state index < -0.39 is 11.2 Å². The number of allylic oxidation sites excluding steroid dienone is 6. The number of benzene rings is 3. The molecule has 2 aliphatic heterocycles. The summed E-state index contributed by atoms with van der Waals surface area (Å²) in [5, 5.41) is 31.0. The highest BCUT2D eigenvalue weighted by Crippen LogP contribution is 2.60. The Morgan fingerprint density at radius 3 is 1.50 bits per heavy atom. The minimum absolute atomic E-state index is 0.123. The predicted octanol–water partition coefficient (Wildman–Crippen LogP) is 11.6. The molecule has 4 aliphatic carbocycles. The SMILES string of the molecule is [C-]#[N+]C(C#N)=C1/C(=C/c2nc3c(s2)-c2cc4c(cc2OC32CCCCC2)-c2sc(/C=C3\C(=O)c5ccccc5C3=C(C#N)C#N)nc2C2(CCCCC2)O4)C(=O)c2ccccc21. The predicted molar refractivity (Wildman–Crippen MR) is 234 cm³/mol. The van der Waals surface area contributed by atoms with Crippen molar-refractivity contribution >= 4 is 57.5 Å². The van der Waals surface area contributed by atoms with Crippen LogP contribution in [0.3, 0.4) is 0 Å². The molecule has 10 nitrogen and oxygen atoms in total. The lowest BCUT2D eigenvalue weighted by Gasteiger charge is -2.43. The number of aromatic nitrogens is 2. The highest BCUT2D eigenvalue weighted by atomic mass is 32.1. The van der Waals surface area contributed by atoms with Crippen LogP contribution in [0, 0.1) is 40.6 Å². The summed E-state index contributed by atoms with van der Waals surface area (Å²) in [5.74, 6) is 0.904. The summed E-state index contributed by atoms with van der Waals surface area (Å²) < 4.78 is 14.3. The summed E-state index contributed by atoms with van der Waals surface area (Å²) in [5.41, 5.74) is 4.96. The van der Waals surface area contributed by atoms with Crippen molar-refractivity contribution in [2.24, 2.45) is 0 Å². The first-order valence-corrected chi connectivity index (χ1v) is 22.3. The summed E-state index contributed by atoms with van der Waals surface area (Å²) in [6, 6.07) is 24.3. The van der Waals surface area contributed by atoms with Crippen molar-refractivity contribution < 1.29 is 19.1 Å². The molecule has 12 heteroatoms. The van der Waals surface area contributed by atoms with E-state index in [1.54, 1.807) is 60.7 Å². The molecular formula is C50H32N6O4S2. The van der Waals surface area contributed by atoms with Crippen molar-refractivity contribution in [3.8, 4) is 50.6 Å². The molecule has 0 unspecified atom stereocenters. The fourth-order valence-electron chi connectivity index (χ4n) is 10.2. The molecule has 298 valence electrons. The van der Waals surface area contributed by atoms with E-state index >= 15 is 0 Å². The number of ether oxygens (including phenoxy) is 2. The molecule has 3 aromatic carbocycles. The number of rotatable bonds is 2. The van der Waals surface area contributed by atoms with Gasteiger partial charge in [-0.3, -0.25) is 9.59 Å². The number of hydrogen-bond acceptors (Lipinski definition) is 11. The fourth-order valence-corrected chi connectivity index (χ4v) is 12.5. The Balaban J connectivity index is 1.07. The molecule has 0 saturated heterocycles. The maximum atomic E-state index is 13.9. The quantitative estimate of drug-likeness (QED) is 0.0959. The van der Waals surface area contributed by atoms with Crippen LogP contribution in [0.5, 0.6) is 11.5 Å². The van der Waals surface area contributed by atoms with Crippen LogP contribution >= 0.6 is 22.7 Å². The molecule has 2 fully saturated rings. The number of carbonyl (C=O) groups excluding carboxylic acids is 2. The molecule has 11 rings (SSSR count). The van der Waals surface area contributed by atoms with Crippen molar-refractivity contribution in [1.29, 1.82) is 15.8 Å². The van der Waals surface area contributed by atoms with E-state index in [1.165, 1.54) is 22.7 Å². The van der Waals surface area contributed by atoms with E-state index in [0.29, 0.717) is 54.9 Å². The largest absolute Gasteiger partial charge is 0.480 e. The third-order valence-corrected chi connectivity index (χ3v) is 15.1. The lowest BCUT2D eigenvalue weighted by atomic mass is 9.78. The zero-order valence-corrected chi connectivity index (χ0v) is 34.8. The van der Waals surface area contributed by atoms with Crippen molar-refractivity contribution in [3.05, 3.63) is 138 Å². The summed E-state index contributed by atoms with van der Waals surface area (Å²) in [6.45, 7) is 7.76. The lowest BCUT2D eigenvalue weighted by molar-refractivity contribution is 0.0163. The first kappa shape index (κ1) is 37.8. The van der Waals surface area contributed by atoms with E-state index in [1.807, 2.05) is 18.2 Å². The van der Waals surface area contributed by atoms with Crippen LogP contribution < -0.4 is 9.47 Å². The standard InChI is InChI=1S/C50H32N6O4S2/c1-54-36(26-53)42-29-13-5-7-15-31(29)44(58)35(42)23-40-56-48-46(62-40)33-21-37-32(20-38(33)60-50(48)18-10-3-11-19-50)45-47(49(59-37)16-8-2-9-17-49)55-39(61-45)22-34-41(27(24-51)25-52)28-12-4-6-14-30(28)43(34)57/h4-7,12-15,20-23H,2-3,8-11,16-19H2/b34-22-,35-23-,42-36?. The second-order valence-electron chi connectivity index (χ2n) is 16.4. The third-order valence-electron chi connectivity index (χ3n) is 13.0. The number of fused-ring (bicyclic) bond motifs is 10. The van der Waals surface area contributed by atoms with Crippen LogP contribution in [0.15, 0.2) is 83.1 Å². The molecule has 0 amide bonds. The highest BCUT2D eigenvalue weighted by molar-refractivity contribution is 7.16. The highest BCUT2D eigenvalue weighted by Gasteiger charge is 2.49. The van der Waals surface area contributed by atoms with Crippen molar-refractivity contribution in [3.63, 3.8) is 0 Å². The molecule has 0 radical (unpaired) electrons. The number of hydrogen-bond donors (Lipinski definition) is 0. The number of nitrogens with zero attached hydrogens (tertiary/aromatic N) is 6. The smallest absolute Gasteiger partial charge is 0.270 e. The molecular weight excluding hydrogens is 813 g/mol. The van der Waals surface area contributed by atoms with E-state index in [-0.39, 0.29) is 34.0 Å². The van der Waals surface area contributed by atoms with Gasteiger partial charge in [0.05, 0.1) is 22.4 Å². The Labute approximate surface area is 364 Å². The van der Waals surface area contributed by atoms with Gasteiger partial charge in [0.15, 0.2) is 22.8 Å². The maximum absolute atomic E-state index is 13.9. The van der Waals surface area contributed by atoms with Gasteiger partial charge in [0.2, 0.25) is 0 Å². The van der Waals surface area contributed by atoms with Crippen LogP contribution in [0.1, 0.15) is 117 Å². The van der Waals surface area contributed by atoms with Gasteiger partial charge in [0, 0.05) is 44.5 Å². The third kappa shape index (κ3) is 5.47. The Morgan fingerprint density at radius 2 is 1.06 bits per heavy atom. The second kappa shape index (κ2) is 14.2. The van der Waals surface area contributed by atoms with Gasteiger partial charge in [-0.25, -0.2) is 20.1 Å². The summed E-state index contributed by atoms with van der Waals surface area (Å²) in [4.78, 5) is 43.6. The van der Waals surface area contributed by atoms with E-state index in [4.69, 9.17) is 26.0 Å². The van der Waals surface area contributed by atoms with Crippen LogP contribution in [-0.2, 0) is 11.2 Å². The molecule has 0 bridgehead atoms. The number of nitriles is 3. The van der Waals surface area contributed by atoms with Gasteiger partial charge in [-0.15, -0.1) is 22.7 Å². The van der Waals surface area contributed by atoms with E-state index in [0.717, 1.165) is 96.5 Å². The molecule has 2 saturated carbocycles. The molecule has 62 heavy (non-hydrogen) atoms. The molecule has 2 spiro atoms. The zero-order valence-electron chi connectivity index (χ0n) is 33.1. The maximum Gasteiger partial charge on any atom is 0.270 e. The first-order chi connectivity index (χ1) is 30.3. The van der Waals surface area contributed by atoms with E-state index in [2.05, 4.69) is 17.0 Å². The number of thiazole rings is 2. The van der Waals surface area contributed by atoms with Crippen LogP contribution in [0.25, 0.3) is 49.0 Å². The van der Waals surface area contributed by atoms with Crippen molar-refractivity contribution in [1.82, 2.24) is 9.97 Å². The van der Waals surface area contributed by atoms with Gasteiger partial charge in [-0.1, -0.05) is 61.4 Å². The second-order valence-corrected chi connectivity index (χ2v) is 18.5. The summed E-state index contributed by atoms with van der Waals surface area (Å²) in [6.07, 6.45) is 12.5. The average Bonchev–Trinajstić information content (AvgIpc) is 4.07. The van der Waals surface area contributed by atoms with Crippen LogP contribution in [-0.4, -0.2) is 21.5 Å². The summed E-state index contributed by atoms with van der Waals surface area (Å²) >= 11 is 2.94. The fraction of sp³-hybridized carbons (Fsp3) is 0.240. The van der Waals surface area contributed by atoms with Gasteiger partial charge >= 0.3 is 0 Å². The number of ketones is 2. The molecule has 4 heterocycles. The zero-order chi connectivity index (χ0) is 42.3. The molecule has 5 aromatic rings. The molecule has 0 atom stereocenters. The first-order valence-electron chi connectivity index (χ1n) is 20.7. The minimum Gasteiger partial charge on any atom is -0.480 e.